The Hall–Kier alpha value is -3.33. The molecule has 0 aliphatic rings. The number of aliphatic hydroxyl groups excluding tert-OH is 1. The summed E-state index contributed by atoms with van der Waals surface area (Å²) < 4.78 is 31.1. The molecule has 1 aromatic carbocycles. The van der Waals surface area contributed by atoms with E-state index in [1.54, 1.807) is 42.3 Å². The zero-order chi connectivity index (χ0) is 19.7. The van der Waals surface area contributed by atoms with Crippen LogP contribution in [0.3, 0.4) is 0 Å². The van der Waals surface area contributed by atoms with Crippen molar-refractivity contribution < 1.29 is 13.9 Å². The first-order valence-corrected chi connectivity index (χ1v) is 8.72. The molecule has 2 N–H and O–H groups in total. The van der Waals surface area contributed by atoms with E-state index in [0.717, 1.165) is 5.39 Å². The Morgan fingerprint density at radius 3 is 2.68 bits per heavy atom. The molecule has 28 heavy (non-hydrogen) atoms. The van der Waals surface area contributed by atoms with Crippen LogP contribution in [0.1, 0.15) is 12.5 Å². The van der Waals surface area contributed by atoms with Crippen LogP contribution in [0.4, 0.5) is 20.4 Å². The molecular weight excluding hydrogens is 366 g/mol. The number of halogens is 2. The summed E-state index contributed by atoms with van der Waals surface area (Å²) >= 11 is 0. The van der Waals surface area contributed by atoms with E-state index in [-0.39, 0.29) is 12.1 Å². The maximum absolute atomic E-state index is 14.0. The average molecular weight is 384 g/mol. The first kappa shape index (κ1) is 18.1. The highest BCUT2D eigenvalue weighted by molar-refractivity contribution is 5.80. The Labute approximate surface area is 159 Å². The second-order valence-electron chi connectivity index (χ2n) is 6.53. The second kappa shape index (κ2) is 7.35. The standard InChI is InChI=1S/C19H18F2N6O/c1-12(28)10-26-6-5-18(25-26)24-19-7-17-13(8-22-19)9-23-27(17)11-14-15(20)3-2-4-16(14)21/h2-9,12,28H,10-11H2,1H3,(H,22,24,25)/t12-/m0/s1. The van der Waals surface area contributed by atoms with Gasteiger partial charge in [0.2, 0.25) is 0 Å². The first-order chi connectivity index (χ1) is 13.5. The van der Waals surface area contributed by atoms with Gasteiger partial charge >= 0.3 is 0 Å². The molecule has 9 heteroatoms. The van der Waals surface area contributed by atoms with E-state index < -0.39 is 17.7 Å². The van der Waals surface area contributed by atoms with Crippen LogP contribution in [0.5, 0.6) is 0 Å². The molecule has 0 amide bonds. The Kier molecular flexibility index (Phi) is 4.74. The topological polar surface area (TPSA) is 80.8 Å². The zero-order valence-electron chi connectivity index (χ0n) is 15.0. The summed E-state index contributed by atoms with van der Waals surface area (Å²) in [6.07, 6.45) is 4.47. The summed E-state index contributed by atoms with van der Waals surface area (Å²) in [5.74, 6) is -0.135. The normalized spacial score (nSPS) is 12.4. The van der Waals surface area contributed by atoms with E-state index in [0.29, 0.717) is 23.7 Å². The number of aromatic nitrogens is 5. The molecule has 0 radical (unpaired) electrons. The third-order valence-corrected chi connectivity index (χ3v) is 4.24. The smallest absolute Gasteiger partial charge is 0.153 e. The van der Waals surface area contributed by atoms with Gasteiger partial charge in [-0.2, -0.15) is 10.2 Å². The number of hydrogen-bond acceptors (Lipinski definition) is 5. The highest BCUT2D eigenvalue weighted by atomic mass is 19.1. The van der Waals surface area contributed by atoms with Crippen molar-refractivity contribution in [1.82, 2.24) is 24.5 Å². The van der Waals surface area contributed by atoms with Crippen molar-refractivity contribution >= 4 is 22.5 Å². The monoisotopic (exact) mass is 384 g/mol. The Bertz CT molecular complexity index is 1100. The largest absolute Gasteiger partial charge is 0.391 e. The number of fused-ring (bicyclic) bond motifs is 1. The minimum Gasteiger partial charge on any atom is -0.391 e. The van der Waals surface area contributed by atoms with Crippen molar-refractivity contribution in [3.8, 4) is 0 Å². The summed E-state index contributed by atoms with van der Waals surface area (Å²) in [4.78, 5) is 4.32. The number of anilines is 2. The van der Waals surface area contributed by atoms with Crippen molar-refractivity contribution in [3.05, 3.63) is 66.1 Å². The second-order valence-corrected chi connectivity index (χ2v) is 6.53. The Balaban J connectivity index is 1.60. The van der Waals surface area contributed by atoms with Gasteiger partial charge in [-0.25, -0.2) is 13.8 Å². The Morgan fingerprint density at radius 1 is 1.14 bits per heavy atom. The van der Waals surface area contributed by atoms with Crippen LogP contribution in [-0.2, 0) is 13.1 Å². The molecule has 0 saturated heterocycles. The molecule has 4 rings (SSSR count). The summed E-state index contributed by atoms with van der Waals surface area (Å²) in [5, 5.41) is 21.8. The zero-order valence-corrected chi connectivity index (χ0v) is 15.0. The van der Waals surface area contributed by atoms with Crippen LogP contribution < -0.4 is 5.32 Å². The van der Waals surface area contributed by atoms with E-state index in [1.807, 2.05) is 0 Å². The van der Waals surface area contributed by atoms with Gasteiger partial charge < -0.3 is 10.4 Å². The fourth-order valence-electron chi connectivity index (χ4n) is 2.93. The third-order valence-electron chi connectivity index (χ3n) is 4.24. The molecule has 7 nitrogen and oxygen atoms in total. The maximum Gasteiger partial charge on any atom is 0.153 e. The van der Waals surface area contributed by atoms with Gasteiger partial charge in [-0.3, -0.25) is 9.36 Å². The van der Waals surface area contributed by atoms with Gasteiger partial charge in [-0.1, -0.05) is 6.07 Å². The van der Waals surface area contributed by atoms with Crippen LogP contribution in [0.25, 0.3) is 10.9 Å². The molecule has 0 aliphatic heterocycles. The number of aliphatic hydroxyl groups is 1. The van der Waals surface area contributed by atoms with E-state index in [2.05, 4.69) is 20.5 Å². The third kappa shape index (κ3) is 3.70. The van der Waals surface area contributed by atoms with Gasteiger partial charge in [0.05, 0.1) is 30.9 Å². The van der Waals surface area contributed by atoms with E-state index in [1.165, 1.54) is 22.9 Å². The number of nitrogens with zero attached hydrogens (tertiary/aromatic N) is 5. The number of rotatable bonds is 6. The predicted molar refractivity (Wildman–Crippen MR) is 100 cm³/mol. The van der Waals surface area contributed by atoms with Crippen molar-refractivity contribution in [2.24, 2.45) is 0 Å². The van der Waals surface area contributed by atoms with Crippen LogP contribution in [0, 0.1) is 11.6 Å². The van der Waals surface area contributed by atoms with Crippen LogP contribution in [-0.4, -0.2) is 35.8 Å². The average Bonchev–Trinajstić information content (AvgIpc) is 3.24. The number of nitrogens with one attached hydrogen (secondary N) is 1. The van der Waals surface area contributed by atoms with Crippen molar-refractivity contribution in [2.75, 3.05) is 5.32 Å². The minimum absolute atomic E-state index is 0.0333. The lowest BCUT2D eigenvalue weighted by molar-refractivity contribution is 0.168. The van der Waals surface area contributed by atoms with Crippen molar-refractivity contribution in [1.29, 1.82) is 0 Å². The van der Waals surface area contributed by atoms with Crippen molar-refractivity contribution in [2.45, 2.75) is 26.1 Å². The highest BCUT2D eigenvalue weighted by Gasteiger charge is 2.12. The molecule has 0 saturated carbocycles. The van der Waals surface area contributed by atoms with Crippen LogP contribution >= 0.6 is 0 Å². The molecule has 0 unspecified atom stereocenters. The van der Waals surface area contributed by atoms with Crippen molar-refractivity contribution in [3.63, 3.8) is 0 Å². The van der Waals surface area contributed by atoms with Gasteiger partial charge in [0.1, 0.15) is 17.5 Å². The van der Waals surface area contributed by atoms with Gasteiger partial charge in [0, 0.05) is 35.5 Å². The lowest BCUT2D eigenvalue weighted by Gasteiger charge is -2.08. The molecule has 1 atom stereocenters. The molecule has 0 fully saturated rings. The minimum atomic E-state index is -0.611. The summed E-state index contributed by atoms with van der Waals surface area (Å²) in [5.41, 5.74) is 0.638. The summed E-state index contributed by atoms with van der Waals surface area (Å²) in [6.45, 7) is 2.04. The maximum atomic E-state index is 14.0. The van der Waals surface area contributed by atoms with Gasteiger partial charge in [-0.05, 0) is 19.1 Å². The van der Waals surface area contributed by atoms with Gasteiger partial charge in [0.15, 0.2) is 5.82 Å². The first-order valence-electron chi connectivity index (χ1n) is 8.72. The molecule has 3 heterocycles. The molecule has 4 aromatic rings. The van der Waals surface area contributed by atoms with Gasteiger partial charge in [0.25, 0.3) is 0 Å². The van der Waals surface area contributed by atoms with Gasteiger partial charge in [-0.15, -0.1) is 0 Å². The molecule has 144 valence electrons. The van der Waals surface area contributed by atoms with E-state index >= 15 is 0 Å². The lowest BCUT2D eigenvalue weighted by Crippen LogP contribution is -2.12. The number of benzene rings is 1. The molecular formula is C19H18F2N6O. The Morgan fingerprint density at radius 2 is 1.93 bits per heavy atom. The molecule has 3 aromatic heterocycles. The molecule has 0 spiro atoms. The van der Waals surface area contributed by atoms with E-state index in [9.17, 15) is 13.9 Å². The van der Waals surface area contributed by atoms with Crippen LogP contribution in [0.2, 0.25) is 0 Å². The fraction of sp³-hybridized carbons (Fsp3) is 0.211. The SMILES string of the molecule is C[C@H](O)Cn1ccc(Nc2cc3c(cn2)cnn3Cc2c(F)cccc2F)n1. The quantitative estimate of drug-likeness (QED) is 0.534. The van der Waals surface area contributed by atoms with E-state index in [4.69, 9.17) is 0 Å². The summed E-state index contributed by atoms with van der Waals surface area (Å²) in [6, 6.07) is 7.29. The van der Waals surface area contributed by atoms with Crippen LogP contribution in [0.15, 0.2) is 48.9 Å². The fourth-order valence-corrected chi connectivity index (χ4v) is 2.93. The molecule has 0 aliphatic carbocycles. The lowest BCUT2D eigenvalue weighted by atomic mass is 10.2. The predicted octanol–water partition coefficient (Wildman–Crippen LogP) is 3.08. The molecule has 0 bridgehead atoms. The number of pyridine rings is 1. The number of hydrogen-bond donors (Lipinski definition) is 2. The highest BCUT2D eigenvalue weighted by Crippen LogP contribution is 2.21. The summed E-state index contributed by atoms with van der Waals surface area (Å²) in [7, 11) is 0.